The van der Waals surface area contributed by atoms with Gasteiger partial charge in [0.15, 0.2) is 0 Å². The van der Waals surface area contributed by atoms with Crippen LogP contribution >= 0.6 is 0 Å². The van der Waals surface area contributed by atoms with E-state index in [1.807, 2.05) is 0 Å². The highest BCUT2D eigenvalue weighted by molar-refractivity contribution is 5.89. The average molecular weight is 264 g/mol. The van der Waals surface area contributed by atoms with Crippen molar-refractivity contribution in [2.24, 2.45) is 0 Å². The third-order valence-corrected chi connectivity index (χ3v) is 2.97. The molecular formula is C12H16N4O3. The number of nitro benzene ring substituents is 1. The van der Waals surface area contributed by atoms with E-state index in [0.29, 0.717) is 5.69 Å². The van der Waals surface area contributed by atoms with Gasteiger partial charge in [0.25, 0.3) is 5.69 Å². The van der Waals surface area contributed by atoms with E-state index >= 15 is 0 Å². The number of urea groups is 1. The van der Waals surface area contributed by atoms with Crippen LogP contribution in [-0.2, 0) is 0 Å². The van der Waals surface area contributed by atoms with Gasteiger partial charge in [-0.05, 0) is 31.5 Å². The van der Waals surface area contributed by atoms with Crippen LogP contribution in [0.4, 0.5) is 16.2 Å². The van der Waals surface area contributed by atoms with Crippen LogP contribution in [0, 0.1) is 10.1 Å². The lowest BCUT2D eigenvalue weighted by Gasteiger charge is -2.23. The molecule has 0 unspecified atom stereocenters. The van der Waals surface area contributed by atoms with Gasteiger partial charge in [-0.2, -0.15) is 0 Å². The van der Waals surface area contributed by atoms with Crippen molar-refractivity contribution in [3.05, 3.63) is 34.4 Å². The van der Waals surface area contributed by atoms with Gasteiger partial charge in [-0.1, -0.05) is 0 Å². The predicted octanol–water partition coefficient (Wildman–Crippen LogP) is 1.47. The molecule has 7 nitrogen and oxygen atoms in total. The summed E-state index contributed by atoms with van der Waals surface area (Å²) in [6.07, 6.45) is 2.00. The van der Waals surface area contributed by atoms with Crippen molar-refractivity contribution in [1.29, 1.82) is 0 Å². The van der Waals surface area contributed by atoms with Crippen LogP contribution in [0.15, 0.2) is 24.3 Å². The van der Waals surface area contributed by atoms with E-state index in [2.05, 4.69) is 16.0 Å². The van der Waals surface area contributed by atoms with Gasteiger partial charge in [-0.3, -0.25) is 10.1 Å². The second-order valence-corrected chi connectivity index (χ2v) is 4.45. The quantitative estimate of drug-likeness (QED) is 0.569. The van der Waals surface area contributed by atoms with Gasteiger partial charge in [-0.25, -0.2) is 4.79 Å². The van der Waals surface area contributed by atoms with Crippen molar-refractivity contribution in [2.75, 3.05) is 18.4 Å². The lowest BCUT2D eigenvalue weighted by Crippen LogP contribution is -2.47. The fraction of sp³-hybridized carbons (Fsp3) is 0.417. The highest BCUT2D eigenvalue weighted by Crippen LogP contribution is 2.15. The Morgan fingerprint density at radius 1 is 1.37 bits per heavy atom. The zero-order valence-electron chi connectivity index (χ0n) is 10.4. The average Bonchev–Trinajstić information content (AvgIpc) is 2.40. The molecule has 1 heterocycles. The molecule has 7 heteroatoms. The number of nitrogens with zero attached hydrogens (tertiary/aromatic N) is 1. The Balaban J connectivity index is 1.85. The van der Waals surface area contributed by atoms with Crippen LogP contribution in [-0.4, -0.2) is 30.1 Å². The molecule has 1 saturated heterocycles. The van der Waals surface area contributed by atoms with Gasteiger partial charge in [-0.15, -0.1) is 0 Å². The lowest BCUT2D eigenvalue weighted by atomic mass is 10.1. The van der Waals surface area contributed by atoms with Crippen molar-refractivity contribution in [3.8, 4) is 0 Å². The van der Waals surface area contributed by atoms with Crippen molar-refractivity contribution >= 4 is 17.4 Å². The fourth-order valence-electron chi connectivity index (χ4n) is 1.99. The molecule has 0 aromatic heterocycles. The van der Waals surface area contributed by atoms with E-state index in [9.17, 15) is 14.9 Å². The van der Waals surface area contributed by atoms with E-state index in [0.717, 1.165) is 25.9 Å². The van der Waals surface area contributed by atoms with Gasteiger partial charge in [0, 0.05) is 30.4 Å². The molecule has 2 amide bonds. The molecule has 1 aliphatic heterocycles. The third kappa shape index (κ3) is 3.92. The van der Waals surface area contributed by atoms with Gasteiger partial charge in [0.2, 0.25) is 0 Å². The number of anilines is 1. The van der Waals surface area contributed by atoms with Crippen LogP contribution in [0.2, 0.25) is 0 Å². The van der Waals surface area contributed by atoms with Crippen LogP contribution in [0.25, 0.3) is 0 Å². The summed E-state index contributed by atoms with van der Waals surface area (Å²) in [4.78, 5) is 21.7. The summed E-state index contributed by atoms with van der Waals surface area (Å²) in [6.45, 7) is 1.76. The highest BCUT2D eigenvalue weighted by atomic mass is 16.6. The van der Waals surface area contributed by atoms with Gasteiger partial charge in [0.05, 0.1) is 4.92 Å². The molecule has 19 heavy (non-hydrogen) atoms. The number of piperidine rings is 1. The molecule has 1 fully saturated rings. The van der Waals surface area contributed by atoms with E-state index in [1.165, 1.54) is 24.3 Å². The Bertz CT molecular complexity index is 455. The lowest BCUT2D eigenvalue weighted by molar-refractivity contribution is -0.384. The zero-order valence-corrected chi connectivity index (χ0v) is 10.4. The number of hydrogen-bond acceptors (Lipinski definition) is 4. The topological polar surface area (TPSA) is 96.3 Å². The predicted molar refractivity (Wildman–Crippen MR) is 71.1 cm³/mol. The smallest absolute Gasteiger partial charge is 0.319 e. The number of carbonyl (C=O) groups is 1. The molecule has 1 atom stereocenters. The van der Waals surface area contributed by atoms with Crippen molar-refractivity contribution in [3.63, 3.8) is 0 Å². The number of non-ortho nitro benzene ring substituents is 1. The van der Waals surface area contributed by atoms with Crippen molar-refractivity contribution < 1.29 is 9.72 Å². The van der Waals surface area contributed by atoms with Gasteiger partial charge < -0.3 is 16.0 Å². The van der Waals surface area contributed by atoms with Crippen LogP contribution in [0.1, 0.15) is 12.8 Å². The van der Waals surface area contributed by atoms with Crippen LogP contribution < -0.4 is 16.0 Å². The Morgan fingerprint density at radius 2 is 2.11 bits per heavy atom. The normalized spacial score (nSPS) is 18.6. The van der Waals surface area contributed by atoms with Crippen molar-refractivity contribution in [1.82, 2.24) is 10.6 Å². The number of rotatable bonds is 3. The molecule has 1 aliphatic rings. The summed E-state index contributed by atoms with van der Waals surface area (Å²) < 4.78 is 0. The van der Waals surface area contributed by atoms with E-state index in [-0.39, 0.29) is 17.8 Å². The van der Waals surface area contributed by atoms with Gasteiger partial charge in [0.1, 0.15) is 0 Å². The Labute approximate surface area is 110 Å². The monoisotopic (exact) mass is 264 g/mol. The summed E-state index contributed by atoms with van der Waals surface area (Å²) in [5, 5.41) is 19.2. The number of hydrogen-bond donors (Lipinski definition) is 3. The molecular weight excluding hydrogens is 248 g/mol. The third-order valence-electron chi connectivity index (χ3n) is 2.97. The zero-order chi connectivity index (χ0) is 13.7. The number of nitrogens with one attached hydrogen (secondary N) is 3. The molecule has 2 rings (SSSR count). The summed E-state index contributed by atoms with van der Waals surface area (Å²) in [6, 6.07) is 5.58. The minimum Gasteiger partial charge on any atom is -0.334 e. The summed E-state index contributed by atoms with van der Waals surface area (Å²) in [5.41, 5.74) is 0.536. The minimum absolute atomic E-state index is 0.00226. The maximum atomic E-state index is 11.7. The Kier molecular flexibility index (Phi) is 4.30. The highest BCUT2D eigenvalue weighted by Gasteiger charge is 2.15. The Morgan fingerprint density at radius 3 is 2.68 bits per heavy atom. The molecule has 0 radical (unpaired) electrons. The first kappa shape index (κ1) is 13.3. The molecule has 0 aliphatic carbocycles. The SMILES string of the molecule is O=C(Nc1ccc([N+](=O)[O-])cc1)N[C@H]1CCCNC1. The second-order valence-electron chi connectivity index (χ2n) is 4.45. The summed E-state index contributed by atoms with van der Waals surface area (Å²) in [5.74, 6) is 0. The van der Waals surface area contributed by atoms with Crippen molar-refractivity contribution in [2.45, 2.75) is 18.9 Å². The van der Waals surface area contributed by atoms with Gasteiger partial charge >= 0.3 is 6.03 Å². The number of nitro groups is 1. The molecule has 1 aromatic rings. The largest absolute Gasteiger partial charge is 0.334 e. The standard InChI is InChI=1S/C12H16N4O3/c17-12(15-10-2-1-7-13-8-10)14-9-3-5-11(6-4-9)16(18)19/h3-6,10,13H,1-2,7-8H2,(H2,14,15,17)/t10-/m0/s1. The first-order chi connectivity index (χ1) is 9.15. The van der Waals surface area contributed by atoms with E-state index in [1.54, 1.807) is 0 Å². The molecule has 0 bridgehead atoms. The maximum Gasteiger partial charge on any atom is 0.319 e. The van der Waals surface area contributed by atoms with Crippen LogP contribution in [0.3, 0.4) is 0 Å². The minimum atomic E-state index is -0.475. The number of amides is 2. The van der Waals surface area contributed by atoms with Crippen LogP contribution in [0.5, 0.6) is 0 Å². The number of benzene rings is 1. The Hall–Kier alpha value is -2.15. The fourth-order valence-corrected chi connectivity index (χ4v) is 1.99. The molecule has 0 spiro atoms. The first-order valence-corrected chi connectivity index (χ1v) is 6.18. The first-order valence-electron chi connectivity index (χ1n) is 6.18. The number of carbonyl (C=O) groups excluding carboxylic acids is 1. The van der Waals surface area contributed by atoms with E-state index < -0.39 is 4.92 Å². The summed E-state index contributed by atoms with van der Waals surface area (Å²) in [7, 11) is 0. The molecule has 3 N–H and O–H groups in total. The molecule has 1 aromatic carbocycles. The maximum absolute atomic E-state index is 11.7. The van der Waals surface area contributed by atoms with E-state index in [4.69, 9.17) is 0 Å². The molecule has 0 saturated carbocycles. The second kappa shape index (κ2) is 6.14. The summed E-state index contributed by atoms with van der Waals surface area (Å²) >= 11 is 0. The molecule has 102 valence electrons.